The minimum Gasteiger partial charge on any atom is -0.394 e. The van der Waals surface area contributed by atoms with Crippen molar-refractivity contribution >= 4 is 70.9 Å². The summed E-state index contributed by atoms with van der Waals surface area (Å²) >= 11 is 0. The van der Waals surface area contributed by atoms with Crippen molar-refractivity contribution < 1.29 is 57.8 Å². The molecule has 1 aliphatic rings. The first-order chi connectivity index (χ1) is 36.4. The van der Waals surface area contributed by atoms with Gasteiger partial charge in [-0.2, -0.15) is 0 Å². The van der Waals surface area contributed by atoms with Crippen molar-refractivity contribution in [1.29, 1.82) is 0 Å². The van der Waals surface area contributed by atoms with E-state index >= 15 is 0 Å². The maximum atomic E-state index is 14.4. The van der Waals surface area contributed by atoms with E-state index in [-0.39, 0.29) is 88.4 Å². The molecule has 30 nitrogen and oxygen atoms in total. The summed E-state index contributed by atoms with van der Waals surface area (Å²) in [5, 5.41) is 41.6. The monoisotopic (exact) mass is 1090 g/mol. The number of primary amides is 2. The van der Waals surface area contributed by atoms with Gasteiger partial charge in [0.05, 0.1) is 18.8 Å². The van der Waals surface area contributed by atoms with Crippen molar-refractivity contribution in [1.82, 2.24) is 62.8 Å². The van der Waals surface area contributed by atoms with Gasteiger partial charge in [0.1, 0.15) is 48.3 Å². The van der Waals surface area contributed by atoms with Gasteiger partial charge in [-0.1, -0.05) is 39.3 Å². The van der Waals surface area contributed by atoms with Crippen LogP contribution in [0.2, 0.25) is 0 Å². The highest BCUT2D eigenvalue weighted by Crippen LogP contribution is 2.13. The summed E-state index contributed by atoms with van der Waals surface area (Å²) < 4.78 is 1.42. The zero-order valence-corrected chi connectivity index (χ0v) is 44.7. The Bertz CT molecular complexity index is 2200. The van der Waals surface area contributed by atoms with Gasteiger partial charge in [-0.3, -0.25) is 62.4 Å². The summed E-state index contributed by atoms with van der Waals surface area (Å²) in [6.07, 6.45) is 2.86. The first kappa shape index (κ1) is 65.6. The number of aliphatic hydroxyl groups excluding tert-OH is 1. The standard InChI is InChI=1S/C47H82N18O12/c1-6-26(4)38-46(77)58-32(15-16-36(49)68)42(73)60-34(44(75)59-33(20-25(2)3)43(74)57-29(39(50)70)14-11-18-53-47(51)52)21-28-23-65(64-63-28)19-10-8-13-31(41(72)61-35(24-66)45(76)62-38)56-37(69)22-54-40(71)30(55-27(5)67)12-7-9-17-48/h23,25-26,29-35,38,66H,6-22,24,48H2,1-5H3,(H2,49,68)(H2,50,70)(H,54,71)(H,55,67)(H,56,69)(H,57,74)(H,58,77)(H,59,75)(H,60,73)(H,61,72)(H,62,76)(H4,51,52,53)/t26?,29-,30-,31?,32-,33-,34-,35-,38-/m0/s1. The van der Waals surface area contributed by atoms with E-state index in [1.807, 2.05) is 0 Å². The normalized spacial score (nSPS) is 20.4. The molecule has 30 heteroatoms. The zero-order valence-electron chi connectivity index (χ0n) is 44.7. The van der Waals surface area contributed by atoms with Crippen molar-refractivity contribution in [2.75, 3.05) is 26.2 Å². The van der Waals surface area contributed by atoms with Crippen LogP contribution in [-0.4, -0.2) is 166 Å². The van der Waals surface area contributed by atoms with Crippen molar-refractivity contribution in [3.63, 3.8) is 0 Å². The van der Waals surface area contributed by atoms with Gasteiger partial charge in [-0.25, -0.2) is 0 Å². The topological polar surface area (TPSA) is 489 Å². The number of nitrogens with one attached hydrogen (secondary N) is 9. The average Bonchev–Trinajstić information content (AvgIpc) is 3.81. The highest BCUT2D eigenvalue weighted by Gasteiger charge is 2.36. The lowest BCUT2D eigenvalue weighted by atomic mass is 9.97. The number of rotatable bonds is 26. The van der Waals surface area contributed by atoms with Gasteiger partial charge in [0, 0.05) is 39.1 Å². The van der Waals surface area contributed by atoms with E-state index in [4.69, 9.17) is 28.7 Å². The second-order valence-electron chi connectivity index (χ2n) is 19.4. The number of guanidine groups is 1. The molecular weight excluding hydrogens is 1010 g/mol. The van der Waals surface area contributed by atoms with Crippen LogP contribution in [0.3, 0.4) is 0 Å². The molecule has 2 unspecified atom stereocenters. The van der Waals surface area contributed by atoms with Gasteiger partial charge >= 0.3 is 0 Å². The third-order valence-electron chi connectivity index (χ3n) is 12.3. The molecule has 432 valence electrons. The molecule has 1 aliphatic heterocycles. The van der Waals surface area contributed by atoms with E-state index in [1.165, 1.54) is 17.8 Å². The van der Waals surface area contributed by atoms with Crippen molar-refractivity contribution in [3.05, 3.63) is 11.9 Å². The molecule has 0 radical (unpaired) electrons. The number of nitrogens with two attached hydrogens (primary N) is 5. The summed E-state index contributed by atoms with van der Waals surface area (Å²) in [6.45, 7) is 7.23. The summed E-state index contributed by atoms with van der Waals surface area (Å²) in [6, 6.07) is -11.0. The Hall–Kier alpha value is -7.50. The SMILES string of the molecule is CCC(C)[C@@H]1NC(=O)[C@H](CO)NC(=O)C(NC(=O)CNC(=O)[C@H](CCCCN)NC(C)=O)CCCCn2cc(nn2)C[C@@H](C(=O)N[C@@H](CC(C)C)C(=O)N[C@@H](CCCN=C(N)N)C(N)=O)NC(=O)[C@H](CCC(N)=O)NC1=O. The molecule has 2 bridgehead atoms. The Morgan fingerprint density at radius 2 is 1.49 bits per heavy atom. The van der Waals surface area contributed by atoms with Gasteiger partial charge in [0.25, 0.3) is 0 Å². The summed E-state index contributed by atoms with van der Waals surface area (Å²) in [5.41, 5.74) is 27.6. The van der Waals surface area contributed by atoms with Crippen LogP contribution in [0.4, 0.5) is 0 Å². The van der Waals surface area contributed by atoms with Gasteiger partial charge in [0.2, 0.25) is 65.0 Å². The van der Waals surface area contributed by atoms with Crippen LogP contribution in [0, 0.1) is 11.8 Å². The number of aliphatic imine (C=N–C) groups is 1. The smallest absolute Gasteiger partial charge is 0.245 e. The predicted molar refractivity (Wildman–Crippen MR) is 278 cm³/mol. The van der Waals surface area contributed by atoms with Gasteiger partial charge in [0.15, 0.2) is 5.96 Å². The van der Waals surface area contributed by atoms with Crippen LogP contribution in [0.1, 0.15) is 117 Å². The Kier molecular flexibility index (Phi) is 29.2. The highest BCUT2D eigenvalue weighted by atomic mass is 16.3. The Morgan fingerprint density at radius 3 is 2.10 bits per heavy atom. The quantitative estimate of drug-likeness (QED) is 0.0233. The number of aliphatic hydroxyl groups is 1. The number of unbranched alkanes of at least 4 members (excludes halogenated alkanes) is 1. The predicted octanol–water partition coefficient (Wildman–Crippen LogP) is -5.96. The number of carbonyl (C=O) groups is 11. The van der Waals surface area contributed by atoms with Gasteiger partial charge in [-0.05, 0) is 82.6 Å². The van der Waals surface area contributed by atoms with Crippen LogP contribution in [-0.2, 0) is 65.7 Å². The molecule has 0 saturated carbocycles. The number of carbonyl (C=O) groups excluding carboxylic acids is 11. The second kappa shape index (κ2) is 34.2. The first-order valence-corrected chi connectivity index (χ1v) is 25.9. The number of nitrogens with zero attached hydrogens (tertiary/aromatic N) is 4. The third-order valence-corrected chi connectivity index (χ3v) is 12.3. The molecule has 0 fully saturated rings. The van der Waals surface area contributed by atoms with E-state index in [9.17, 15) is 57.8 Å². The molecule has 1 aromatic heterocycles. The molecule has 1 aromatic rings. The van der Waals surface area contributed by atoms with Crippen molar-refractivity contribution in [2.45, 2.75) is 173 Å². The molecular formula is C47H82N18O12. The maximum absolute atomic E-state index is 14.4. The number of fused-ring (bicyclic) bond motifs is 2. The molecule has 2 heterocycles. The van der Waals surface area contributed by atoms with E-state index in [1.54, 1.807) is 27.7 Å². The van der Waals surface area contributed by atoms with Crippen LogP contribution in [0.5, 0.6) is 0 Å². The Balaban J connectivity index is 2.60. The van der Waals surface area contributed by atoms with Crippen molar-refractivity contribution in [2.24, 2.45) is 45.5 Å². The zero-order chi connectivity index (χ0) is 57.8. The summed E-state index contributed by atoms with van der Waals surface area (Å²) in [5.74, 6) is -10.1. The molecule has 2 rings (SSSR count). The van der Waals surface area contributed by atoms with Crippen LogP contribution in [0.25, 0.3) is 0 Å². The van der Waals surface area contributed by atoms with Crippen molar-refractivity contribution in [3.8, 4) is 0 Å². The Morgan fingerprint density at radius 1 is 0.818 bits per heavy atom. The van der Waals surface area contributed by atoms with E-state index in [0.29, 0.717) is 25.8 Å². The molecule has 77 heavy (non-hydrogen) atoms. The van der Waals surface area contributed by atoms with E-state index in [0.717, 1.165) is 0 Å². The van der Waals surface area contributed by atoms with Crippen LogP contribution < -0.4 is 76.5 Å². The molecule has 0 spiro atoms. The number of aromatic nitrogens is 3. The number of hydrogen-bond acceptors (Lipinski definition) is 16. The lowest BCUT2D eigenvalue weighted by molar-refractivity contribution is -0.137. The minimum atomic E-state index is -1.68. The first-order valence-electron chi connectivity index (χ1n) is 25.9. The van der Waals surface area contributed by atoms with Crippen LogP contribution in [0.15, 0.2) is 11.2 Å². The molecule has 20 N–H and O–H groups in total. The van der Waals surface area contributed by atoms with Crippen LogP contribution >= 0.6 is 0 Å². The maximum Gasteiger partial charge on any atom is 0.245 e. The number of hydrogen-bond donors (Lipinski definition) is 15. The number of aryl methyl sites for hydroxylation is 1. The fraction of sp³-hybridized carbons (Fsp3) is 0.702. The largest absolute Gasteiger partial charge is 0.394 e. The molecule has 0 aliphatic carbocycles. The van der Waals surface area contributed by atoms with E-state index < -0.39 is 139 Å². The lowest BCUT2D eigenvalue weighted by Gasteiger charge is -2.29. The third kappa shape index (κ3) is 24.8. The average molecular weight is 1090 g/mol. The van der Waals surface area contributed by atoms with Gasteiger partial charge < -0.3 is 81.6 Å². The highest BCUT2D eigenvalue weighted by molar-refractivity contribution is 5.98. The molecule has 0 aromatic carbocycles. The van der Waals surface area contributed by atoms with E-state index in [2.05, 4.69) is 63.2 Å². The molecule has 11 amide bonds. The fourth-order valence-corrected chi connectivity index (χ4v) is 7.94. The minimum absolute atomic E-state index is 0.0391. The summed E-state index contributed by atoms with van der Waals surface area (Å²) in [4.78, 5) is 151. The summed E-state index contributed by atoms with van der Waals surface area (Å²) in [7, 11) is 0. The second-order valence-corrected chi connectivity index (χ2v) is 19.4. The molecule has 0 saturated heterocycles. The fourth-order valence-electron chi connectivity index (χ4n) is 7.94. The van der Waals surface area contributed by atoms with Gasteiger partial charge in [-0.15, -0.1) is 5.10 Å². The number of amides is 11. The lowest BCUT2D eigenvalue weighted by Crippen LogP contribution is -2.61. The Labute approximate surface area is 447 Å². The molecule has 9 atom stereocenters.